The quantitative estimate of drug-likeness (QED) is 0.883. The summed E-state index contributed by atoms with van der Waals surface area (Å²) in [6, 6.07) is 9.29. The van der Waals surface area contributed by atoms with Crippen LogP contribution in [0.1, 0.15) is 42.9 Å². The van der Waals surface area contributed by atoms with Crippen LogP contribution in [-0.4, -0.2) is 24.0 Å². The second-order valence-electron chi connectivity index (χ2n) is 6.02. The third-order valence-electron chi connectivity index (χ3n) is 4.22. The van der Waals surface area contributed by atoms with Crippen LogP contribution >= 0.6 is 0 Å². The predicted octanol–water partition coefficient (Wildman–Crippen LogP) is 3.25. The number of carbonyl (C=O) groups is 1. The molecule has 2 amide bonds. The second-order valence-corrected chi connectivity index (χ2v) is 6.02. The molecule has 3 rings (SSSR count). The number of amides is 2. The Labute approximate surface area is 115 Å². The van der Waals surface area contributed by atoms with Gasteiger partial charge in [0, 0.05) is 13.1 Å². The second kappa shape index (κ2) is 4.87. The normalized spacial score (nSPS) is 19.9. The Balaban J connectivity index is 1.70. The van der Waals surface area contributed by atoms with Crippen molar-refractivity contribution in [2.75, 3.05) is 7.05 Å². The van der Waals surface area contributed by atoms with Crippen molar-refractivity contribution in [3.8, 4) is 0 Å². The maximum Gasteiger partial charge on any atom is 0.317 e. The van der Waals surface area contributed by atoms with Gasteiger partial charge in [-0.3, -0.25) is 0 Å². The molecule has 1 atom stereocenters. The molecule has 2 fully saturated rings. The van der Waals surface area contributed by atoms with Gasteiger partial charge < -0.3 is 10.2 Å². The van der Waals surface area contributed by atoms with Crippen molar-refractivity contribution in [1.82, 2.24) is 10.2 Å². The standard InChI is InChI=1S/C16H22N2O/c1-11-3-5-12(6-4-11)15(13-7-8-13)17-16(19)18(2)14-9-10-14/h3-6,13-15H,7-10H2,1-2H3,(H,17,19). The number of hydrogen-bond donors (Lipinski definition) is 1. The lowest BCUT2D eigenvalue weighted by Crippen LogP contribution is -2.41. The lowest BCUT2D eigenvalue weighted by atomic mass is 10.0. The number of benzene rings is 1. The van der Waals surface area contributed by atoms with E-state index < -0.39 is 0 Å². The third-order valence-corrected chi connectivity index (χ3v) is 4.22. The van der Waals surface area contributed by atoms with E-state index in [0.717, 1.165) is 12.8 Å². The molecule has 0 aromatic heterocycles. The number of rotatable bonds is 4. The lowest BCUT2D eigenvalue weighted by molar-refractivity contribution is 0.201. The molecular weight excluding hydrogens is 236 g/mol. The van der Waals surface area contributed by atoms with E-state index in [-0.39, 0.29) is 12.1 Å². The summed E-state index contributed by atoms with van der Waals surface area (Å²) in [7, 11) is 1.91. The zero-order valence-corrected chi connectivity index (χ0v) is 11.7. The smallest absolute Gasteiger partial charge is 0.317 e. The molecule has 0 aliphatic heterocycles. The molecule has 102 valence electrons. The Morgan fingerprint density at radius 2 is 1.84 bits per heavy atom. The topological polar surface area (TPSA) is 32.3 Å². The van der Waals surface area contributed by atoms with Gasteiger partial charge in [-0.15, -0.1) is 0 Å². The number of carbonyl (C=O) groups excluding carboxylic acids is 1. The SMILES string of the molecule is Cc1ccc(C(NC(=O)N(C)C2CC2)C2CC2)cc1. The van der Waals surface area contributed by atoms with Crippen LogP contribution in [0.25, 0.3) is 0 Å². The molecule has 0 spiro atoms. The number of nitrogens with zero attached hydrogens (tertiary/aromatic N) is 1. The van der Waals surface area contributed by atoms with E-state index >= 15 is 0 Å². The fourth-order valence-electron chi connectivity index (χ4n) is 2.54. The molecule has 1 N–H and O–H groups in total. The summed E-state index contributed by atoms with van der Waals surface area (Å²) >= 11 is 0. The molecule has 3 nitrogen and oxygen atoms in total. The molecule has 2 aliphatic carbocycles. The van der Waals surface area contributed by atoms with Crippen molar-refractivity contribution in [1.29, 1.82) is 0 Å². The van der Waals surface area contributed by atoms with Crippen LogP contribution in [0.4, 0.5) is 4.79 Å². The van der Waals surface area contributed by atoms with Gasteiger partial charge in [0.2, 0.25) is 0 Å². The summed E-state index contributed by atoms with van der Waals surface area (Å²) in [6.07, 6.45) is 4.77. The molecule has 1 aromatic carbocycles. The maximum absolute atomic E-state index is 12.2. The van der Waals surface area contributed by atoms with Crippen LogP contribution in [0.2, 0.25) is 0 Å². The van der Waals surface area contributed by atoms with Gasteiger partial charge in [-0.1, -0.05) is 29.8 Å². The zero-order valence-electron chi connectivity index (χ0n) is 11.7. The minimum atomic E-state index is 0.0833. The third kappa shape index (κ3) is 2.91. The van der Waals surface area contributed by atoms with E-state index in [9.17, 15) is 4.79 Å². The summed E-state index contributed by atoms with van der Waals surface area (Å²) in [6.45, 7) is 2.09. The van der Waals surface area contributed by atoms with Gasteiger partial charge in [-0.25, -0.2) is 4.79 Å². The highest BCUT2D eigenvalue weighted by Gasteiger charge is 2.36. The Kier molecular flexibility index (Phi) is 3.21. The van der Waals surface area contributed by atoms with Crippen LogP contribution in [0.15, 0.2) is 24.3 Å². The van der Waals surface area contributed by atoms with Crippen LogP contribution in [0.5, 0.6) is 0 Å². The average molecular weight is 258 g/mol. The maximum atomic E-state index is 12.2. The van der Waals surface area contributed by atoms with Crippen molar-refractivity contribution < 1.29 is 4.79 Å². The van der Waals surface area contributed by atoms with Crippen molar-refractivity contribution in [2.24, 2.45) is 5.92 Å². The van der Waals surface area contributed by atoms with E-state index in [4.69, 9.17) is 0 Å². The van der Waals surface area contributed by atoms with Gasteiger partial charge in [0.25, 0.3) is 0 Å². The number of aryl methyl sites for hydroxylation is 1. The molecule has 1 unspecified atom stereocenters. The van der Waals surface area contributed by atoms with Gasteiger partial charge in [0.05, 0.1) is 6.04 Å². The Bertz CT molecular complexity index is 460. The highest BCUT2D eigenvalue weighted by molar-refractivity contribution is 5.75. The van der Waals surface area contributed by atoms with Gasteiger partial charge in [-0.05, 0) is 44.1 Å². The van der Waals surface area contributed by atoms with Gasteiger partial charge >= 0.3 is 6.03 Å². The Hall–Kier alpha value is -1.51. The summed E-state index contributed by atoms with van der Waals surface area (Å²) < 4.78 is 0. The molecule has 2 aliphatic rings. The molecule has 0 heterocycles. The first-order chi connectivity index (χ1) is 9.15. The number of hydrogen-bond acceptors (Lipinski definition) is 1. The molecule has 0 bridgehead atoms. The van der Waals surface area contributed by atoms with Crippen molar-refractivity contribution in [2.45, 2.75) is 44.7 Å². The summed E-state index contributed by atoms with van der Waals surface area (Å²) in [4.78, 5) is 14.1. The lowest BCUT2D eigenvalue weighted by Gasteiger charge is -2.24. The predicted molar refractivity (Wildman–Crippen MR) is 76.0 cm³/mol. The van der Waals surface area contributed by atoms with E-state index in [1.54, 1.807) is 0 Å². The molecule has 3 heteroatoms. The van der Waals surface area contributed by atoms with E-state index in [0.29, 0.717) is 12.0 Å². The molecule has 19 heavy (non-hydrogen) atoms. The Morgan fingerprint density at radius 3 is 2.37 bits per heavy atom. The summed E-state index contributed by atoms with van der Waals surface area (Å²) in [5.74, 6) is 0.624. The molecule has 2 saturated carbocycles. The summed E-state index contributed by atoms with van der Waals surface area (Å²) in [5.41, 5.74) is 2.50. The van der Waals surface area contributed by atoms with Crippen LogP contribution in [0.3, 0.4) is 0 Å². The van der Waals surface area contributed by atoms with Crippen molar-refractivity contribution >= 4 is 6.03 Å². The first kappa shape index (κ1) is 12.5. The first-order valence-electron chi connectivity index (χ1n) is 7.25. The highest BCUT2D eigenvalue weighted by atomic mass is 16.2. The average Bonchev–Trinajstić information content (AvgIpc) is 3.29. The fraction of sp³-hybridized carbons (Fsp3) is 0.562. The molecule has 1 aromatic rings. The monoisotopic (exact) mass is 258 g/mol. The van der Waals surface area contributed by atoms with Crippen molar-refractivity contribution in [3.05, 3.63) is 35.4 Å². The van der Waals surface area contributed by atoms with Crippen LogP contribution in [-0.2, 0) is 0 Å². The number of urea groups is 1. The Morgan fingerprint density at radius 1 is 1.21 bits per heavy atom. The van der Waals surface area contributed by atoms with Gasteiger partial charge in [0.15, 0.2) is 0 Å². The summed E-state index contributed by atoms with van der Waals surface area (Å²) in [5, 5.41) is 3.22. The van der Waals surface area contributed by atoms with E-state index in [1.165, 1.54) is 24.0 Å². The highest BCUT2D eigenvalue weighted by Crippen LogP contribution is 2.41. The minimum absolute atomic E-state index is 0.0833. The van der Waals surface area contributed by atoms with E-state index in [1.807, 2.05) is 11.9 Å². The van der Waals surface area contributed by atoms with Gasteiger partial charge in [0.1, 0.15) is 0 Å². The van der Waals surface area contributed by atoms with Crippen LogP contribution < -0.4 is 5.32 Å². The molecule has 0 saturated heterocycles. The fourth-order valence-corrected chi connectivity index (χ4v) is 2.54. The number of nitrogens with one attached hydrogen (secondary N) is 1. The van der Waals surface area contributed by atoms with E-state index in [2.05, 4.69) is 36.5 Å². The molecular formula is C16H22N2O. The van der Waals surface area contributed by atoms with Gasteiger partial charge in [-0.2, -0.15) is 0 Å². The largest absolute Gasteiger partial charge is 0.331 e. The van der Waals surface area contributed by atoms with Crippen LogP contribution in [0, 0.1) is 12.8 Å². The first-order valence-corrected chi connectivity index (χ1v) is 7.25. The molecule has 0 radical (unpaired) electrons. The zero-order chi connectivity index (χ0) is 13.4. The van der Waals surface area contributed by atoms with Crippen molar-refractivity contribution in [3.63, 3.8) is 0 Å². The minimum Gasteiger partial charge on any atom is -0.331 e.